The Kier molecular flexibility index (Phi) is 8.49. The number of rotatable bonds is 8. The number of carbonyl (C=O) groups is 2. The van der Waals surface area contributed by atoms with Gasteiger partial charge in [-0.1, -0.05) is 18.5 Å². The maximum atomic E-state index is 13.1. The lowest BCUT2D eigenvalue weighted by molar-refractivity contribution is -0.124. The van der Waals surface area contributed by atoms with Crippen LogP contribution in [0.3, 0.4) is 0 Å². The minimum atomic E-state index is -2.77. The van der Waals surface area contributed by atoms with E-state index in [2.05, 4.69) is 17.1 Å². The van der Waals surface area contributed by atoms with Crippen molar-refractivity contribution in [1.82, 2.24) is 0 Å². The summed E-state index contributed by atoms with van der Waals surface area (Å²) in [6, 6.07) is 11.1. The minimum absolute atomic E-state index is 0.142. The van der Waals surface area contributed by atoms with Crippen molar-refractivity contribution in [2.75, 3.05) is 30.4 Å². The first kappa shape index (κ1) is 24.8. The van der Waals surface area contributed by atoms with E-state index < -0.39 is 30.8 Å². The Hall–Kier alpha value is -2.87. The zero-order valence-electron chi connectivity index (χ0n) is 18.5. The van der Waals surface area contributed by atoms with Gasteiger partial charge >= 0.3 is 5.97 Å². The first-order valence-corrected chi connectivity index (χ1v) is 11.1. The molecule has 6 nitrogen and oxygen atoms in total. The standard InChI is InChI=1S/C24H27ClF2N2O4/c1-15-4-3-11-29(14-15)17-7-10-20(19(12-17)24(31)32-2)28-23(30)21(13-22(26)27)33-18-8-5-16(25)6-9-18/h5-10,12,15,21-22H,3-4,11,13-14H2,1-2H3,(H,28,30)/t15-,21+/m1/s1. The average Bonchev–Trinajstić information content (AvgIpc) is 2.79. The number of amides is 1. The number of benzene rings is 2. The van der Waals surface area contributed by atoms with Crippen LogP contribution in [0.15, 0.2) is 42.5 Å². The highest BCUT2D eigenvalue weighted by Gasteiger charge is 2.27. The predicted octanol–water partition coefficient (Wildman–Crippen LogP) is 5.40. The lowest BCUT2D eigenvalue weighted by atomic mass is 9.99. The number of halogens is 3. The lowest BCUT2D eigenvalue weighted by Gasteiger charge is -2.33. The summed E-state index contributed by atoms with van der Waals surface area (Å²) in [5.74, 6) is -0.682. The van der Waals surface area contributed by atoms with Crippen molar-refractivity contribution in [3.63, 3.8) is 0 Å². The topological polar surface area (TPSA) is 67.9 Å². The molecule has 1 heterocycles. The summed E-state index contributed by atoms with van der Waals surface area (Å²) in [5, 5.41) is 3.01. The van der Waals surface area contributed by atoms with Gasteiger partial charge in [0, 0.05) is 23.8 Å². The van der Waals surface area contributed by atoms with Crippen LogP contribution in [0.4, 0.5) is 20.2 Å². The number of hydrogen-bond donors (Lipinski definition) is 1. The normalized spacial score (nSPS) is 16.9. The summed E-state index contributed by atoms with van der Waals surface area (Å²) < 4.78 is 36.7. The number of ether oxygens (including phenoxy) is 2. The van der Waals surface area contributed by atoms with Crippen LogP contribution in [-0.4, -0.2) is 44.6 Å². The highest BCUT2D eigenvalue weighted by molar-refractivity contribution is 6.30. The van der Waals surface area contributed by atoms with Crippen molar-refractivity contribution in [2.45, 2.75) is 38.7 Å². The van der Waals surface area contributed by atoms with Gasteiger partial charge in [0.2, 0.25) is 6.43 Å². The Bertz CT molecular complexity index is 971. The second-order valence-corrected chi connectivity index (χ2v) is 8.53. The molecule has 1 saturated heterocycles. The zero-order valence-corrected chi connectivity index (χ0v) is 19.3. The molecule has 1 amide bonds. The smallest absolute Gasteiger partial charge is 0.340 e. The molecule has 178 valence electrons. The molecule has 2 aromatic carbocycles. The van der Waals surface area contributed by atoms with Crippen LogP contribution >= 0.6 is 11.6 Å². The summed E-state index contributed by atoms with van der Waals surface area (Å²) >= 11 is 5.84. The molecular formula is C24H27ClF2N2O4. The minimum Gasteiger partial charge on any atom is -0.480 e. The van der Waals surface area contributed by atoms with Gasteiger partial charge in [0.25, 0.3) is 5.91 Å². The number of nitrogens with zero attached hydrogens (tertiary/aromatic N) is 1. The van der Waals surface area contributed by atoms with Gasteiger partial charge in [0.05, 0.1) is 24.8 Å². The fraction of sp³-hybridized carbons (Fsp3) is 0.417. The molecule has 0 saturated carbocycles. The molecule has 1 fully saturated rings. The Morgan fingerprint density at radius 1 is 1.21 bits per heavy atom. The van der Waals surface area contributed by atoms with Crippen LogP contribution in [-0.2, 0) is 9.53 Å². The molecule has 1 aliphatic rings. The van der Waals surface area contributed by atoms with Crippen molar-refractivity contribution in [3.8, 4) is 5.75 Å². The fourth-order valence-corrected chi connectivity index (χ4v) is 3.93. The van der Waals surface area contributed by atoms with Gasteiger partial charge in [0.15, 0.2) is 6.10 Å². The van der Waals surface area contributed by atoms with E-state index in [0.29, 0.717) is 10.9 Å². The van der Waals surface area contributed by atoms with Crippen molar-refractivity contribution < 1.29 is 27.8 Å². The molecule has 1 N–H and O–H groups in total. The van der Waals surface area contributed by atoms with Crippen molar-refractivity contribution in [3.05, 3.63) is 53.1 Å². The summed E-state index contributed by atoms with van der Waals surface area (Å²) in [5.41, 5.74) is 1.14. The van der Waals surface area contributed by atoms with Gasteiger partial charge in [-0.25, -0.2) is 13.6 Å². The van der Waals surface area contributed by atoms with Crippen LogP contribution in [0.1, 0.15) is 36.5 Å². The number of anilines is 2. The summed E-state index contributed by atoms with van der Waals surface area (Å²) in [6.45, 7) is 3.89. The number of esters is 1. The molecule has 1 aliphatic heterocycles. The predicted molar refractivity (Wildman–Crippen MR) is 124 cm³/mol. The number of nitrogens with one attached hydrogen (secondary N) is 1. The quantitative estimate of drug-likeness (QED) is 0.512. The Balaban J connectivity index is 1.82. The molecule has 33 heavy (non-hydrogen) atoms. The molecule has 9 heteroatoms. The third kappa shape index (κ3) is 6.81. The van der Waals surface area contributed by atoms with E-state index in [1.165, 1.54) is 31.4 Å². The van der Waals surface area contributed by atoms with E-state index in [4.69, 9.17) is 21.1 Å². The second-order valence-electron chi connectivity index (χ2n) is 8.09. The molecular weight excluding hydrogens is 454 g/mol. The Morgan fingerprint density at radius 2 is 1.94 bits per heavy atom. The van der Waals surface area contributed by atoms with E-state index in [0.717, 1.165) is 31.6 Å². The van der Waals surface area contributed by atoms with E-state index in [9.17, 15) is 18.4 Å². The summed E-state index contributed by atoms with van der Waals surface area (Å²) in [6.07, 6.45) is -2.86. The Morgan fingerprint density at radius 3 is 2.58 bits per heavy atom. The van der Waals surface area contributed by atoms with Crippen LogP contribution < -0.4 is 15.0 Å². The van der Waals surface area contributed by atoms with Crippen LogP contribution in [0.5, 0.6) is 5.75 Å². The SMILES string of the molecule is COC(=O)c1cc(N2CCC[C@@H](C)C2)ccc1NC(=O)[C@H](CC(F)F)Oc1ccc(Cl)cc1. The molecule has 2 atom stereocenters. The highest BCUT2D eigenvalue weighted by atomic mass is 35.5. The van der Waals surface area contributed by atoms with Crippen LogP contribution in [0.2, 0.25) is 5.02 Å². The number of carbonyl (C=O) groups excluding carboxylic acids is 2. The van der Waals surface area contributed by atoms with E-state index in [1.54, 1.807) is 18.2 Å². The van der Waals surface area contributed by atoms with Crippen molar-refractivity contribution in [2.24, 2.45) is 5.92 Å². The van der Waals surface area contributed by atoms with Gasteiger partial charge in [-0.05, 0) is 61.2 Å². The van der Waals surface area contributed by atoms with Crippen molar-refractivity contribution in [1.29, 1.82) is 0 Å². The number of hydrogen-bond acceptors (Lipinski definition) is 5. The van der Waals surface area contributed by atoms with Gasteiger partial charge in [-0.15, -0.1) is 0 Å². The maximum absolute atomic E-state index is 13.1. The summed E-state index contributed by atoms with van der Waals surface area (Å²) in [4.78, 5) is 27.5. The first-order chi connectivity index (χ1) is 15.8. The third-order valence-corrected chi connectivity index (χ3v) is 5.72. The van der Waals surface area contributed by atoms with Gasteiger partial charge < -0.3 is 19.7 Å². The van der Waals surface area contributed by atoms with Crippen molar-refractivity contribution >= 4 is 34.9 Å². The largest absolute Gasteiger partial charge is 0.480 e. The maximum Gasteiger partial charge on any atom is 0.340 e. The lowest BCUT2D eigenvalue weighted by Crippen LogP contribution is -2.35. The van der Waals surface area contributed by atoms with E-state index in [-0.39, 0.29) is 17.0 Å². The first-order valence-electron chi connectivity index (χ1n) is 10.8. The number of piperidine rings is 1. The molecule has 0 spiro atoms. The number of methoxy groups -OCH3 is 1. The van der Waals surface area contributed by atoms with E-state index >= 15 is 0 Å². The Labute approximate surface area is 196 Å². The van der Waals surface area contributed by atoms with E-state index in [1.807, 2.05) is 0 Å². The number of alkyl halides is 2. The van der Waals surface area contributed by atoms with Gasteiger partial charge in [0.1, 0.15) is 5.75 Å². The van der Waals surface area contributed by atoms with Crippen LogP contribution in [0.25, 0.3) is 0 Å². The molecule has 2 aromatic rings. The third-order valence-electron chi connectivity index (χ3n) is 5.47. The average molecular weight is 481 g/mol. The zero-order chi connectivity index (χ0) is 24.0. The molecule has 0 aliphatic carbocycles. The highest BCUT2D eigenvalue weighted by Crippen LogP contribution is 2.28. The molecule has 0 bridgehead atoms. The fourth-order valence-electron chi connectivity index (χ4n) is 3.80. The molecule has 0 radical (unpaired) electrons. The molecule has 0 aromatic heterocycles. The van der Waals surface area contributed by atoms with Crippen LogP contribution in [0, 0.1) is 5.92 Å². The van der Waals surface area contributed by atoms with Gasteiger partial charge in [-0.2, -0.15) is 0 Å². The molecule has 0 unspecified atom stereocenters. The van der Waals surface area contributed by atoms with Gasteiger partial charge in [-0.3, -0.25) is 4.79 Å². The summed E-state index contributed by atoms with van der Waals surface area (Å²) in [7, 11) is 1.24. The monoisotopic (exact) mass is 480 g/mol. The molecule has 3 rings (SSSR count). The second kappa shape index (κ2) is 11.3.